The molecule has 8 nitrogen and oxygen atoms in total. The number of nitrogens with one attached hydrogen (secondary N) is 1. The maximum atomic E-state index is 13.3. The first-order chi connectivity index (χ1) is 17.3. The summed E-state index contributed by atoms with van der Waals surface area (Å²) in [6.45, 7) is 4.84. The Hall–Kier alpha value is -3.55. The molecule has 1 saturated carbocycles. The highest BCUT2D eigenvalue weighted by Crippen LogP contribution is 2.41. The van der Waals surface area contributed by atoms with Gasteiger partial charge in [0.25, 0.3) is 5.56 Å². The van der Waals surface area contributed by atoms with Gasteiger partial charge in [-0.25, -0.2) is 0 Å². The average molecular weight is 493 g/mol. The first-order valence-corrected chi connectivity index (χ1v) is 12.5. The van der Waals surface area contributed by atoms with E-state index in [0.717, 1.165) is 35.8 Å². The average Bonchev–Trinajstić information content (AvgIpc) is 3.32. The lowest BCUT2D eigenvalue weighted by Crippen LogP contribution is -2.39. The molecule has 36 heavy (non-hydrogen) atoms. The van der Waals surface area contributed by atoms with Crippen LogP contribution < -0.4 is 20.3 Å². The number of carbonyl (C=O) groups excluding carboxylic acids is 1. The lowest BCUT2D eigenvalue weighted by Gasteiger charge is -2.37. The van der Waals surface area contributed by atoms with E-state index < -0.39 is 5.41 Å². The second-order valence-electron chi connectivity index (χ2n) is 10.2. The molecule has 2 heterocycles. The maximum absolute atomic E-state index is 13.3. The third kappa shape index (κ3) is 5.17. The lowest BCUT2D eigenvalue weighted by molar-refractivity contribution is -0.113. The minimum Gasteiger partial charge on any atom is -0.493 e. The zero-order chi connectivity index (χ0) is 25.9. The number of pyridine rings is 1. The fourth-order valence-electron chi connectivity index (χ4n) is 5.11. The summed E-state index contributed by atoms with van der Waals surface area (Å²) in [6, 6.07) is 7.73. The second-order valence-corrected chi connectivity index (χ2v) is 10.2. The van der Waals surface area contributed by atoms with Crippen LogP contribution >= 0.6 is 0 Å². The second kappa shape index (κ2) is 10.6. The Bertz CT molecular complexity index is 1270. The Morgan fingerprint density at radius 2 is 1.83 bits per heavy atom. The quantitative estimate of drug-likeness (QED) is 0.445. The molecule has 0 amide bonds. The van der Waals surface area contributed by atoms with Gasteiger partial charge in [0.2, 0.25) is 0 Å². The van der Waals surface area contributed by atoms with Crippen LogP contribution in [0.5, 0.6) is 11.5 Å². The van der Waals surface area contributed by atoms with Crippen molar-refractivity contribution in [3.05, 3.63) is 58.8 Å². The van der Waals surface area contributed by atoms with Crippen LogP contribution in [0.25, 0.3) is 11.1 Å². The van der Waals surface area contributed by atoms with Crippen LogP contribution in [0, 0.1) is 5.92 Å². The van der Waals surface area contributed by atoms with Gasteiger partial charge in [0.15, 0.2) is 11.5 Å². The molecule has 2 aromatic heterocycles. The van der Waals surface area contributed by atoms with Crippen molar-refractivity contribution in [1.82, 2.24) is 14.3 Å². The van der Waals surface area contributed by atoms with Crippen molar-refractivity contribution in [2.45, 2.75) is 57.5 Å². The first-order valence-electron chi connectivity index (χ1n) is 12.5. The van der Waals surface area contributed by atoms with Crippen molar-refractivity contribution in [2.24, 2.45) is 13.0 Å². The number of hydrogen-bond acceptors (Lipinski definition) is 6. The van der Waals surface area contributed by atoms with Crippen LogP contribution in [0.2, 0.25) is 0 Å². The topological polar surface area (TPSA) is 87.4 Å². The number of methoxy groups -OCH3 is 2. The molecule has 1 aromatic carbocycles. The highest BCUT2D eigenvalue weighted by molar-refractivity contribution is 5.70. The van der Waals surface area contributed by atoms with Gasteiger partial charge in [-0.15, -0.1) is 0 Å². The number of hydrogen-bond donors (Lipinski definition) is 1. The largest absolute Gasteiger partial charge is 0.493 e. The van der Waals surface area contributed by atoms with Crippen molar-refractivity contribution in [3.8, 4) is 22.6 Å². The van der Waals surface area contributed by atoms with Crippen LogP contribution in [0.15, 0.2) is 47.7 Å². The Balaban J connectivity index is 1.57. The summed E-state index contributed by atoms with van der Waals surface area (Å²) >= 11 is 0. The van der Waals surface area contributed by atoms with E-state index in [9.17, 15) is 9.59 Å². The third-order valence-corrected chi connectivity index (χ3v) is 7.11. The number of ether oxygens (including phenoxy) is 2. The van der Waals surface area contributed by atoms with Crippen molar-refractivity contribution in [1.29, 1.82) is 0 Å². The van der Waals surface area contributed by atoms with Gasteiger partial charge in [-0.05, 0) is 55.4 Å². The molecule has 4 rings (SSSR count). The van der Waals surface area contributed by atoms with E-state index in [1.807, 2.05) is 49.9 Å². The summed E-state index contributed by atoms with van der Waals surface area (Å²) in [4.78, 5) is 25.7. The Morgan fingerprint density at radius 1 is 1.11 bits per heavy atom. The smallest absolute Gasteiger partial charge is 0.273 e. The van der Waals surface area contributed by atoms with Crippen molar-refractivity contribution >= 4 is 12.0 Å². The number of nitrogens with zero attached hydrogens (tertiary/aromatic N) is 3. The van der Waals surface area contributed by atoms with E-state index >= 15 is 0 Å². The fourth-order valence-corrected chi connectivity index (χ4v) is 5.11. The van der Waals surface area contributed by atoms with Gasteiger partial charge in [0.1, 0.15) is 12.0 Å². The number of carbonyl (C=O) groups is 1. The van der Waals surface area contributed by atoms with E-state index in [-0.39, 0.29) is 11.6 Å². The Labute approximate surface area is 212 Å². The fraction of sp³-hybridized carbons (Fsp3) is 0.464. The molecule has 1 aliphatic carbocycles. The normalized spacial score (nSPS) is 19.8. The zero-order valence-corrected chi connectivity index (χ0v) is 21.8. The van der Waals surface area contributed by atoms with E-state index in [1.54, 1.807) is 23.5 Å². The molecule has 192 valence electrons. The number of aromatic nitrogens is 3. The van der Waals surface area contributed by atoms with Crippen LogP contribution in [0.3, 0.4) is 0 Å². The lowest BCUT2D eigenvalue weighted by atomic mass is 9.69. The van der Waals surface area contributed by atoms with E-state index in [1.165, 1.54) is 0 Å². The summed E-state index contributed by atoms with van der Waals surface area (Å²) < 4.78 is 14.4. The minimum atomic E-state index is -0.576. The molecule has 0 atom stereocenters. The predicted molar refractivity (Wildman–Crippen MR) is 141 cm³/mol. The van der Waals surface area contributed by atoms with Crippen LogP contribution in [0.1, 0.15) is 45.1 Å². The summed E-state index contributed by atoms with van der Waals surface area (Å²) in [5, 5.41) is 7.80. The predicted octanol–water partition coefficient (Wildman–Crippen LogP) is 4.41. The molecule has 1 fully saturated rings. The van der Waals surface area contributed by atoms with Gasteiger partial charge in [0, 0.05) is 43.2 Å². The summed E-state index contributed by atoms with van der Waals surface area (Å²) in [5.41, 5.74) is 2.85. The first kappa shape index (κ1) is 25.5. The molecule has 0 bridgehead atoms. The van der Waals surface area contributed by atoms with Crippen LogP contribution in [0.4, 0.5) is 5.69 Å². The Kier molecular flexibility index (Phi) is 7.52. The Morgan fingerprint density at radius 3 is 2.42 bits per heavy atom. The van der Waals surface area contributed by atoms with Gasteiger partial charge in [0.05, 0.1) is 25.8 Å². The van der Waals surface area contributed by atoms with Gasteiger partial charge >= 0.3 is 0 Å². The molecule has 0 unspecified atom stereocenters. The van der Waals surface area contributed by atoms with Crippen LogP contribution in [-0.4, -0.2) is 40.9 Å². The number of aryl methyl sites for hydroxylation is 1. The number of aldehydes is 1. The molecular formula is C28H36N4O4. The van der Waals surface area contributed by atoms with Gasteiger partial charge in [-0.3, -0.25) is 9.48 Å². The van der Waals surface area contributed by atoms with E-state index in [4.69, 9.17) is 9.47 Å². The molecule has 0 spiro atoms. The highest BCUT2D eigenvalue weighted by Gasteiger charge is 2.37. The molecule has 0 saturated heterocycles. The van der Waals surface area contributed by atoms with Gasteiger partial charge in [-0.1, -0.05) is 19.9 Å². The standard InChI is InChI=1S/C28H36N4O4/c1-19(2)15-32-17-20(21-14-29-31(3)16-21)12-24(27(32)34)30-23-8-10-28(18-33,11-9-23)22-6-7-25(35-4)26(13-22)36-5/h6-7,12-14,16-19,23,30H,8-11,15H2,1-5H3/t23-,28+. The summed E-state index contributed by atoms with van der Waals surface area (Å²) in [7, 11) is 5.08. The van der Waals surface area contributed by atoms with Crippen LogP contribution in [-0.2, 0) is 23.8 Å². The summed E-state index contributed by atoms with van der Waals surface area (Å²) in [6.07, 6.45) is 9.67. The van der Waals surface area contributed by atoms with Crippen molar-refractivity contribution in [3.63, 3.8) is 0 Å². The zero-order valence-electron chi connectivity index (χ0n) is 21.8. The molecule has 0 radical (unpaired) electrons. The maximum Gasteiger partial charge on any atom is 0.273 e. The molecule has 8 heteroatoms. The minimum absolute atomic E-state index is 0.0246. The van der Waals surface area contributed by atoms with Crippen molar-refractivity contribution in [2.75, 3.05) is 19.5 Å². The molecule has 1 N–H and O–H groups in total. The monoisotopic (exact) mass is 492 g/mol. The molecule has 1 aliphatic rings. The molecule has 0 aliphatic heterocycles. The van der Waals surface area contributed by atoms with Crippen molar-refractivity contribution < 1.29 is 14.3 Å². The number of anilines is 1. The number of rotatable bonds is 9. The van der Waals surface area contributed by atoms with E-state index in [0.29, 0.717) is 42.5 Å². The number of benzene rings is 1. The van der Waals surface area contributed by atoms with Gasteiger partial charge < -0.3 is 24.2 Å². The SMILES string of the molecule is COc1ccc([C@]2(C=O)CC[C@H](Nc3cc(-c4cnn(C)c4)cn(CC(C)C)c3=O)CC2)cc1OC. The van der Waals surface area contributed by atoms with Gasteiger partial charge in [-0.2, -0.15) is 5.10 Å². The highest BCUT2D eigenvalue weighted by atomic mass is 16.5. The summed E-state index contributed by atoms with van der Waals surface area (Å²) in [5.74, 6) is 1.60. The third-order valence-electron chi connectivity index (χ3n) is 7.11. The molecule has 3 aromatic rings. The van der Waals surface area contributed by atoms with E-state index in [2.05, 4.69) is 24.3 Å². The molecular weight excluding hydrogens is 456 g/mol.